The highest BCUT2D eigenvalue weighted by molar-refractivity contribution is 5.95. The highest BCUT2D eigenvalue weighted by atomic mass is 16.6. The van der Waals surface area contributed by atoms with Crippen LogP contribution in [0.25, 0.3) is 0 Å². The van der Waals surface area contributed by atoms with E-state index in [1.165, 1.54) is 11.0 Å². The van der Waals surface area contributed by atoms with E-state index >= 15 is 0 Å². The van der Waals surface area contributed by atoms with Gasteiger partial charge in [-0.1, -0.05) is 40.2 Å². The molecule has 1 aromatic carbocycles. The van der Waals surface area contributed by atoms with Crippen molar-refractivity contribution in [1.82, 2.24) is 20.9 Å². The molecule has 0 aliphatic carbocycles. The van der Waals surface area contributed by atoms with Crippen LogP contribution in [0.2, 0.25) is 0 Å². The van der Waals surface area contributed by atoms with Gasteiger partial charge in [0.15, 0.2) is 5.75 Å². The van der Waals surface area contributed by atoms with Crippen LogP contribution in [-0.4, -0.2) is 81.7 Å². The van der Waals surface area contributed by atoms with Gasteiger partial charge in [-0.15, -0.1) is 0 Å². The standard InChI is InChI=1S/C27H41N7O8/c1-5-15(4)22(28)26(39)30-13-21(36)33-10-6-7-18(33)25(38)32-23(14(2)3)27(40)31-17(24(29)37)11-16-8-9-20(35)19(12-16)34(41)42/h8-9,12,14-15,17-18,22-23,35H,5-7,10-11,13,28H2,1-4H3,(H2,29,37)(H,30,39)(H,31,40)(H,32,38)/t15-,17?,18+,22?,23-/m1/s1. The van der Waals surface area contributed by atoms with E-state index < -0.39 is 76.0 Å². The number of rotatable bonds is 14. The Morgan fingerprint density at radius 1 is 1.14 bits per heavy atom. The molecule has 1 fully saturated rings. The molecule has 15 nitrogen and oxygen atoms in total. The molecule has 232 valence electrons. The molecule has 0 bridgehead atoms. The number of hydrogen-bond acceptors (Lipinski definition) is 9. The van der Waals surface area contributed by atoms with Gasteiger partial charge in [-0.25, -0.2) is 0 Å². The molecule has 0 spiro atoms. The van der Waals surface area contributed by atoms with Gasteiger partial charge in [0.1, 0.15) is 18.1 Å². The number of benzene rings is 1. The van der Waals surface area contributed by atoms with Crippen molar-refractivity contribution in [2.75, 3.05) is 13.1 Å². The van der Waals surface area contributed by atoms with Gasteiger partial charge in [0.25, 0.3) is 0 Å². The van der Waals surface area contributed by atoms with Gasteiger partial charge in [0.2, 0.25) is 29.5 Å². The van der Waals surface area contributed by atoms with Crippen LogP contribution >= 0.6 is 0 Å². The summed E-state index contributed by atoms with van der Waals surface area (Å²) >= 11 is 0. The fourth-order valence-corrected chi connectivity index (χ4v) is 4.58. The molecule has 5 atom stereocenters. The van der Waals surface area contributed by atoms with E-state index in [0.29, 0.717) is 25.8 Å². The highest BCUT2D eigenvalue weighted by Crippen LogP contribution is 2.27. The molecule has 2 unspecified atom stereocenters. The third-order valence-electron chi connectivity index (χ3n) is 7.43. The Balaban J connectivity index is 2.07. The van der Waals surface area contributed by atoms with Gasteiger partial charge >= 0.3 is 5.69 Å². The summed E-state index contributed by atoms with van der Waals surface area (Å²) in [6, 6.07) is -0.460. The third-order valence-corrected chi connectivity index (χ3v) is 7.43. The predicted octanol–water partition coefficient (Wildman–Crippen LogP) is -0.566. The Morgan fingerprint density at radius 2 is 1.81 bits per heavy atom. The number of nitrogens with zero attached hydrogens (tertiary/aromatic N) is 2. The van der Waals surface area contributed by atoms with Crippen LogP contribution in [0.5, 0.6) is 5.75 Å². The lowest BCUT2D eigenvalue weighted by Crippen LogP contribution is -2.58. The second-order valence-electron chi connectivity index (χ2n) is 10.9. The Kier molecular flexibility index (Phi) is 12.2. The van der Waals surface area contributed by atoms with Gasteiger partial charge in [-0.2, -0.15) is 0 Å². The monoisotopic (exact) mass is 591 g/mol. The molecular formula is C27H41N7O8. The summed E-state index contributed by atoms with van der Waals surface area (Å²) in [5, 5.41) is 28.5. The van der Waals surface area contributed by atoms with Crippen molar-refractivity contribution >= 4 is 35.2 Å². The second kappa shape index (κ2) is 15.1. The minimum Gasteiger partial charge on any atom is -0.502 e. The molecule has 15 heteroatoms. The van der Waals surface area contributed by atoms with Gasteiger partial charge in [0.05, 0.1) is 17.5 Å². The van der Waals surface area contributed by atoms with E-state index in [2.05, 4.69) is 16.0 Å². The van der Waals surface area contributed by atoms with Crippen molar-refractivity contribution in [1.29, 1.82) is 0 Å². The molecule has 1 aromatic rings. The molecule has 0 aromatic heterocycles. The first-order valence-corrected chi connectivity index (χ1v) is 13.9. The predicted molar refractivity (Wildman–Crippen MR) is 152 cm³/mol. The van der Waals surface area contributed by atoms with Crippen LogP contribution in [0.15, 0.2) is 18.2 Å². The first-order valence-electron chi connectivity index (χ1n) is 13.9. The lowest BCUT2D eigenvalue weighted by atomic mass is 9.99. The number of aromatic hydroxyl groups is 1. The number of nitrogens with two attached hydrogens (primary N) is 2. The maximum atomic E-state index is 13.2. The van der Waals surface area contributed by atoms with E-state index in [0.717, 1.165) is 12.1 Å². The first-order chi connectivity index (χ1) is 19.7. The number of primary amides is 1. The Bertz CT molecular complexity index is 1190. The fraction of sp³-hybridized carbons (Fsp3) is 0.593. The number of amides is 5. The Labute approximate surface area is 243 Å². The minimum atomic E-state index is -1.27. The molecule has 1 aliphatic heterocycles. The van der Waals surface area contributed by atoms with E-state index in [1.54, 1.807) is 13.8 Å². The van der Waals surface area contributed by atoms with Crippen LogP contribution in [0, 0.1) is 22.0 Å². The average Bonchev–Trinajstić information content (AvgIpc) is 3.43. The molecule has 2 rings (SSSR count). The third kappa shape index (κ3) is 8.86. The van der Waals surface area contributed by atoms with Crippen molar-refractivity contribution < 1.29 is 34.0 Å². The van der Waals surface area contributed by atoms with Crippen molar-refractivity contribution in [2.45, 2.75) is 77.5 Å². The summed E-state index contributed by atoms with van der Waals surface area (Å²) < 4.78 is 0. The van der Waals surface area contributed by atoms with E-state index in [-0.39, 0.29) is 24.4 Å². The maximum absolute atomic E-state index is 13.2. The lowest BCUT2D eigenvalue weighted by Gasteiger charge is -2.29. The van der Waals surface area contributed by atoms with Gasteiger partial charge < -0.3 is 37.4 Å². The smallest absolute Gasteiger partial charge is 0.310 e. The Morgan fingerprint density at radius 3 is 2.38 bits per heavy atom. The van der Waals surface area contributed by atoms with Gasteiger partial charge in [-0.05, 0) is 36.3 Å². The molecule has 42 heavy (non-hydrogen) atoms. The zero-order valence-corrected chi connectivity index (χ0v) is 24.3. The number of nitrogens with one attached hydrogen (secondary N) is 3. The molecular weight excluding hydrogens is 550 g/mol. The molecule has 8 N–H and O–H groups in total. The number of phenolic OH excluding ortho intramolecular Hbond substituents is 1. The van der Waals surface area contributed by atoms with Gasteiger partial charge in [-0.3, -0.25) is 34.1 Å². The SMILES string of the molecule is CC[C@@H](C)C(N)C(=O)NCC(=O)N1CCC[C@H]1C(=O)N[C@@H](C(=O)NC(Cc1ccc(O)c([N+](=O)[O-])c1)C(N)=O)C(C)C. The normalized spacial score (nSPS) is 17.6. The second-order valence-corrected chi connectivity index (χ2v) is 10.9. The van der Waals surface area contributed by atoms with Crippen LogP contribution in [0.1, 0.15) is 52.5 Å². The molecule has 0 radical (unpaired) electrons. The van der Waals surface area contributed by atoms with Crippen LogP contribution < -0.4 is 27.4 Å². The zero-order valence-electron chi connectivity index (χ0n) is 24.3. The summed E-state index contributed by atoms with van der Waals surface area (Å²) in [6.07, 6.45) is 1.40. The summed E-state index contributed by atoms with van der Waals surface area (Å²) in [5.74, 6) is -4.15. The van der Waals surface area contributed by atoms with E-state index in [9.17, 15) is 39.2 Å². The quantitative estimate of drug-likeness (QED) is 0.120. The first kappa shape index (κ1) is 33.9. The summed E-state index contributed by atoms with van der Waals surface area (Å²) in [5.41, 5.74) is 11.1. The topological polar surface area (TPSA) is 240 Å². The van der Waals surface area contributed by atoms with Crippen LogP contribution in [0.3, 0.4) is 0 Å². The number of hydrogen-bond donors (Lipinski definition) is 6. The number of phenols is 1. The highest BCUT2D eigenvalue weighted by Gasteiger charge is 2.37. The summed E-state index contributed by atoms with van der Waals surface area (Å²) in [6.45, 7) is 7.07. The van der Waals surface area contributed by atoms with Crippen molar-refractivity contribution in [2.24, 2.45) is 23.3 Å². The summed E-state index contributed by atoms with van der Waals surface area (Å²) in [7, 11) is 0. The fourth-order valence-electron chi connectivity index (χ4n) is 4.58. The molecule has 1 heterocycles. The summed E-state index contributed by atoms with van der Waals surface area (Å²) in [4.78, 5) is 75.4. The molecule has 5 amide bonds. The minimum absolute atomic E-state index is 0.0710. The molecule has 1 aliphatic rings. The average molecular weight is 592 g/mol. The number of nitro groups is 1. The van der Waals surface area contributed by atoms with E-state index in [4.69, 9.17) is 11.5 Å². The van der Waals surface area contributed by atoms with Crippen molar-refractivity contribution in [3.05, 3.63) is 33.9 Å². The number of nitro benzene ring substituents is 1. The van der Waals surface area contributed by atoms with E-state index in [1.807, 2.05) is 13.8 Å². The van der Waals surface area contributed by atoms with Gasteiger partial charge in [0, 0.05) is 19.0 Å². The number of likely N-dealkylation sites (tertiary alicyclic amines) is 1. The largest absolute Gasteiger partial charge is 0.502 e. The molecule has 1 saturated heterocycles. The molecule has 0 saturated carbocycles. The number of carbonyl (C=O) groups excluding carboxylic acids is 5. The number of carbonyl (C=O) groups is 5. The van der Waals surface area contributed by atoms with Crippen LogP contribution in [-0.2, 0) is 30.4 Å². The Hall–Kier alpha value is -4.27. The van der Waals surface area contributed by atoms with Crippen molar-refractivity contribution in [3.8, 4) is 5.75 Å². The zero-order chi connectivity index (χ0) is 31.7. The lowest BCUT2D eigenvalue weighted by molar-refractivity contribution is -0.385. The van der Waals surface area contributed by atoms with Crippen LogP contribution in [0.4, 0.5) is 5.69 Å². The maximum Gasteiger partial charge on any atom is 0.310 e. The van der Waals surface area contributed by atoms with Crippen molar-refractivity contribution in [3.63, 3.8) is 0 Å².